The van der Waals surface area contributed by atoms with Gasteiger partial charge in [-0.2, -0.15) is 0 Å². The number of rotatable bonds is 4. The van der Waals surface area contributed by atoms with Crippen molar-refractivity contribution >= 4 is 5.95 Å². The van der Waals surface area contributed by atoms with Gasteiger partial charge in [-0.1, -0.05) is 30.3 Å². The van der Waals surface area contributed by atoms with Crippen LogP contribution in [0.4, 0.5) is 5.95 Å². The molecule has 2 heterocycles. The molecule has 126 valence electrons. The number of nitrogens with zero attached hydrogens (tertiary/aromatic N) is 3. The SMILES string of the molecule is c1ccc(CNC2CCc3nc(N4CCOCC4)ncc3C2)cc1. The van der Waals surface area contributed by atoms with E-state index in [1.807, 2.05) is 6.20 Å². The highest BCUT2D eigenvalue weighted by Gasteiger charge is 2.22. The van der Waals surface area contributed by atoms with E-state index >= 15 is 0 Å². The average Bonchev–Trinajstić information content (AvgIpc) is 2.67. The zero-order valence-corrected chi connectivity index (χ0v) is 13.9. The number of anilines is 1. The minimum atomic E-state index is 0.510. The lowest BCUT2D eigenvalue weighted by Crippen LogP contribution is -2.38. The molecule has 1 aromatic carbocycles. The summed E-state index contributed by atoms with van der Waals surface area (Å²) in [5.41, 5.74) is 3.86. The Labute approximate surface area is 143 Å². The van der Waals surface area contributed by atoms with Gasteiger partial charge in [-0.15, -0.1) is 0 Å². The number of aromatic nitrogens is 2. The average molecular weight is 324 g/mol. The number of morpholine rings is 1. The Hall–Kier alpha value is -1.98. The van der Waals surface area contributed by atoms with Crippen LogP contribution in [-0.2, 0) is 24.1 Å². The lowest BCUT2D eigenvalue weighted by atomic mass is 9.92. The van der Waals surface area contributed by atoms with E-state index in [9.17, 15) is 0 Å². The van der Waals surface area contributed by atoms with Crippen LogP contribution in [0.3, 0.4) is 0 Å². The highest BCUT2D eigenvalue weighted by Crippen LogP contribution is 2.22. The maximum atomic E-state index is 5.41. The van der Waals surface area contributed by atoms with Gasteiger partial charge < -0.3 is 15.0 Å². The fraction of sp³-hybridized carbons (Fsp3) is 0.474. The molecule has 0 spiro atoms. The molecule has 1 N–H and O–H groups in total. The van der Waals surface area contributed by atoms with Gasteiger partial charge in [0.15, 0.2) is 0 Å². The van der Waals surface area contributed by atoms with Crippen molar-refractivity contribution in [1.82, 2.24) is 15.3 Å². The summed E-state index contributed by atoms with van der Waals surface area (Å²) in [6.45, 7) is 4.24. The van der Waals surface area contributed by atoms with Gasteiger partial charge in [-0.25, -0.2) is 9.97 Å². The normalized spacial score (nSPS) is 20.7. The van der Waals surface area contributed by atoms with Crippen LogP contribution in [0, 0.1) is 0 Å². The van der Waals surface area contributed by atoms with Crippen LogP contribution in [0.15, 0.2) is 36.5 Å². The predicted molar refractivity (Wildman–Crippen MR) is 94.2 cm³/mol. The lowest BCUT2D eigenvalue weighted by Gasteiger charge is -2.29. The largest absolute Gasteiger partial charge is 0.378 e. The third kappa shape index (κ3) is 3.57. The van der Waals surface area contributed by atoms with Gasteiger partial charge in [0.2, 0.25) is 5.95 Å². The van der Waals surface area contributed by atoms with Gasteiger partial charge in [0.25, 0.3) is 0 Å². The van der Waals surface area contributed by atoms with E-state index in [4.69, 9.17) is 9.72 Å². The van der Waals surface area contributed by atoms with Crippen molar-refractivity contribution in [3.8, 4) is 0 Å². The van der Waals surface area contributed by atoms with Gasteiger partial charge >= 0.3 is 0 Å². The second-order valence-electron chi connectivity index (χ2n) is 6.55. The van der Waals surface area contributed by atoms with Gasteiger partial charge in [-0.3, -0.25) is 0 Å². The van der Waals surface area contributed by atoms with Gasteiger partial charge in [0.05, 0.1) is 13.2 Å². The van der Waals surface area contributed by atoms with Gasteiger partial charge in [0, 0.05) is 37.6 Å². The Kier molecular flexibility index (Phi) is 4.71. The molecule has 5 nitrogen and oxygen atoms in total. The van der Waals surface area contributed by atoms with Crippen LogP contribution in [0.2, 0.25) is 0 Å². The molecule has 2 aliphatic rings. The molecule has 0 saturated carbocycles. The van der Waals surface area contributed by atoms with Crippen LogP contribution in [0.5, 0.6) is 0 Å². The molecule has 4 rings (SSSR count). The number of fused-ring (bicyclic) bond motifs is 1. The summed E-state index contributed by atoms with van der Waals surface area (Å²) in [6.07, 6.45) is 5.22. The van der Waals surface area contributed by atoms with E-state index < -0.39 is 0 Å². The molecule has 1 aromatic heterocycles. The highest BCUT2D eigenvalue weighted by molar-refractivity contribution is 5.35. The predicted octanol–water partition coefficient (Wildman–Crippen LogP) is 1.96. The molecule has 1 aliphatic carbocycles. The van der Waals surface area contributed by atoms with Crippen molar-refractivity contribution < 1.29 is 4.74 Å². The molecule has 1 atom stereocenters. The minimum Gasteiger partial charge on any atom is -0.378 e. The monoisotopic (exact) mass is 324 g/mol. The molecule has 24 heavy (non-hydrogen) atoms. The number of ether oxygens (including phenoxy) is 1. The number of hydrogen-bond acceptors (Lipinski definition) is 5. The summed E-state index contributed by atoms with van der Waals surface area (Å²) in [7, 11) is 0. The molecule has 1 fully saturated rings. The van der Waals surface area contributed by atoms with Crippen molar-refractivity contribution in [1.29, 1.82) is 0 Å². The van der Waals surface area contributed by atoms with E-state index in [0.29, 0.717) is 6.04 Å². The standard InChI is InChI=1S/C19H24N4O/c1-2-4-15(5-3-1)13-20-17-6-7-18-16(12-17)14-21-19(22-18)23-8-10-24-11-9-23/h1-5,14,17,20H,6-13H2. The summed E-state index contributed by atoms with van der Waals surface area (Å²) >= 11 is 0. The van der Waals surface area contributed by atoms with Crippen molar-refractivity contribution in [2.45, 2.75) is 31.8 Å². The number of aryl methyl sites for hydroxylation is 1. The first kappa shape index (κ1) is 15.5. The van der Waals surface area contributed by atoms with Crippen LogP contribution in [0.1, 0.15) is 23.2 Å². The number of nitrogens with one attached hydrogen (secondary N) is 1. The smallest absolute Gasteiger partial charge is 0.225 e. The maximum Gasteiger partial charge on any atom is 0.225 e. The Morgan fingerprint density at radius 2 is 2.00 bits per heavy atom. The first-order valence-electron chi connectivity index (χ1n) is 8.83. The topological polar surface area (TPSA) is 50.3 Å². The number of hydrogen-bond donors (Lipinski definition) is 1. The molecular weight excluding hydrogens is 300 g/mol. The van der Waals surface area contributed by atoms with Crippen LogP contribution >= 0.6 is 0 Å². The van der Waals surface area contributed by atoms with Crippen molar-refractivity contribution in [3.05, 3.63) is 53.3 Å². The summed E-state index contributed by atoms with van der Waals surface area (Å²) in [5, 5.41) is 3.67. The van der Waals surface area contributed by atoms with Crippen molar-refractivity contribution in [2.24, 2.45) is 0 Å². The third-order valence-corrected chi connectivity index (χ3v) is 4.87. The summed E-state index contributed by atoms with van der Waals surface area (Å²) in [6, 6.07) is 11.1. The molecule has 0 radical (unpaired) electrons. The van der Waals surface area contributed by atoms with E-state index in [-0.39, 0.29) is 0 Å². The van der Waals surface area contributed by atoms with E-state index in [1.54, 1.807) is 0 Å². The molecular formula is C19H24N4O. The second kappa shape index (κ2) is 7.28. The molecule has 0 amide bonds. The van der Waals surface area contributed by atoms with Gasteiger partial charge in [-0.05, 0) is 30.4 Å². The Morgan fingerprint density at radius 1 is 1.17 bits per heavy atom. The second-order valence-corrected chi connectivity index (χ2v) is 6.55. The molecule has 0 bridgehead atoms. The van der Waals surface area contributed by atoms with Gasteiger partial charge in [0.1, 0.15) is 0 Å². The lowest BCUT2D eigenvalue weighted by molar-refractivity contribution is 0.122. The molecule has 1 saturated heterocycles. The fourth-order valence-corrected chi connectivity index (χ4v) is 3.44. The fourth-order valence-electron chi connectivity index (χ4n) is 3.44. The molecule has 5 heteroatoms. The highest BCUT2D eigenvalue weighted by atomic mass is 16.5. The van der Waals surface area contributed by atoms with E-state index in [0.717, 1.165) is 58.1 Å². The maximum absolute atomic E-state index is 5.41. The Bertz CT molecular complexity index is 670. The quantitative estimate of drug-likeness (QED) is 0.932. The summed E-state index contributed by atoms with van der Waals surface area (Å²) < 4.78 is 5.41. The van der Waals surface area contributed by atoms with E-state index in [2.05, 4.69) is 45.5 Å². The first-order valence-corrected chi connectivity index (χ1v) is 8.83. The Balaban J connectivity index is 1.38. The summed E-state index contributed by atoms with van der Waals surface area (Å²) in [4.78, 5) is 11.6. The molecule has 1 aliphatic heterocycles. The Morgan fingerprint density at radius 3 is 2.83 bits per heavy atom. The third-order valence-electron chi connectivity index (χ3n) is 4.87. The van der Waals surface area contributed by atoms with Crippen molar-refractivity contribution in [3.63, 3.8) is 0 Å². The number of benzene rings is 1. The van der Waals surface area contributed by atoms with Crippen molar-refractivity contribution in [2.75, 3.05) is 31.2 Å². The van der Waals surface area contributed by atoms with E-state index in [1.165, 1.54) is 16.8 Å². The van der Waals surface area contributed by atoms with Crippen LogP contribution < -0.4 is 10.2 Å². The molecule has 2 aromatic rings. The summed E-state index contributed by atoms with van der Waals surface area (Å²) in [5.74, 6) is 0.868. The minimum absolute atomic E-state index is 0.510. The van der Waals surface area contributed by atoms with Crippen LogP contribution in [0.25, 0.3) is 0 Å². The zero-order chi connectivity index (χ0) is 16.2. The first-order chi connectivity index (χ1) is 11.9. The molecule has 1 unspecified atom stereocenters. The zero-order valence-electron chi connectivity index (χ0n) is 13.9. The van der Waals surface area contributed by atoms with Crippen LogP contribution in [-0.4, -0.2) is 42.3 Å².